The van der Waals surface area contributed by atoms with E-state index >= 15 is 0 Å². The summed E-state index contributed by atoms with van der Waals surface area (Å²) in [6, 6.07) is 0. The number of rotatable bonds is 0. The number of diazo groups is 1. The van der Waals surface area contributed by atoms with Gasteiger partial charge >= 0.3 is 10.4 Å². The zero-order valence-corrected chi connectivity index (χ0v) is 1.75. The molecule has 0 spiro atoms. The van der Waals surface area contributed by atoms with Gasteiger partial charge in [-0.3, -0.25) is 0 Å². The lowest BCUT2D eigenvalue weighted by Gasteiger charge is -1.00. The summed E-state index contributed by atoms with van der Waals surface area (Å²) in [4.78, 5) is 8.51. The van der Waals surface area contributed by atoms with Crippen LogP contribution in [0.1, 0.15) is 0 Å². The Morgan fingerprint density at radius 2 is 2.25 bits per heavy atom. The van der Waals surface area contributed by atoms with Crippen molar-refractivity contribution in [3.63, 3.8) is 0 Å². The summed E-state index contributed by atoms with van der Waals surface area (Å²) in [5, 5.41) is 10.5. The Labute approximate surface area is 22.0 Å². The Morgan fingerprint density at radius 3 is 2.25 bits per heavy atom. The van der Waals surface area contributed by atoms with Gasteiger partial charge in [0, 0.05) is 0 Å². The maximum Gasteiger partial charge on any atom is 0.422 e. The van der Waals surface area contributed by atoms with Crippen LogP contribution in [0, 0.1) is 10.3 Å². The van der Waals surface area contributed by atoms with E-state index in [9.17, 15) is 0 Å². The number of nitroso groups, excluding NO2 is 1. The van der Waals surface area contributed by atoms with Gasteiger partial charge in [-0.25, -0.2) is 0 Å². The molecule has 0 aliphatic carbocycles. The van der Waals surface area contributed by atoms with Crippen LogP contribution in [0.4, 0.5) is 0 Å². The van der Waals surface area contributed by atoms with Crippen molar-refractivity contribution < 1.29 is 0 Å². The van der Waals surface area contributed by atoms with E-state index in [-0.39, 0.29) is 0 Å². The van der Waals surface area contributed by atoms with Crippen LogP contribution < -0.4 is 0 Å². The zero-order chi connectivity index (χ0) is 3.41. The van der Waals surface area contributed by atoms with E-state index in [4.69, 9.17) is 10.3 Å². The average Bonchev–Trinajstić information content (AvgIpc) is 1.37. The van der Waals surface area contributed by atoms with Gasteiger partial charge in [0.05, 0.1) is 0 Å². The third-order valence-corrected chi connectivity index (χ3v) is 0.0365. The second-order valence-corrected chi connectivity index (χ2v) is 0.171. The summed E-state index contributed by atoms with van der Waals surface area (Å²) in [7, 11) is 0. The monoisotopic (exact) mass is 58.0 g/mol. The van der Waals surface area contributed by atoms with Crippen molar-refractivity contribution in [3.8, 4) is 0 Å². The predicted molar refractivity (Wildman–Crippen MR) is 10.9 cm³/mol. The minimum absolute atomic E-state index is 1.67. The molecule has 4 heavy (non-hydrogen) atoms. The van der Waals surface area contributed by atoms with E-state index in [0.717, 1.165) is 0 Å². The molecule has 0 heterocycles. The molecule has 0 saturated heterocycles. The summed E-state index contributed by atoms with van der Waals surface area (Å²) in [5.41, 5.74) is 0. The SMILES string of the molecule is N#[N+]N=O. The molecule has 0 amide bonds. The molecule has 0 aromatic heterocycles. The fraction of sp³-hybridized carbons (Fsp3) is 0. The average molecular weight is 58.0 g/mol. The quantitative estimate of drug-likeness (QED) is 0.231. The predicted octanol–water partition coefficient (Wildman–Crippen LogP) is 0.521. The second kappa shape index (κ2) is 2.02. The van der Waals surface area contributed by atoms with Crippen LogP contribution in [0.25, 0.3) is 5.08 Å². The van der Waals surface area contributed by atoms with Crippen LogP contribution >= 0.6 is 0 Å². The van der Waals surface area contributed by atoms with Crippen LogP contribution in [0.2, 0.25) is 0 Å². The molecule has 0 atom stereocenters. The Balaban J connectivity index is 2.92. The zero-order valence-electron chi connectivity index (χ0n) is 1.75. The standard InChI is InChI=1S/N3O/c1-2-3-4/q+1. The lowest BCUT2D eigenvalue weighted by atomic mass is 12.8. The molecule has 0 aromatic carbocycles. The summed E-state index contributed by atoms with van der Waals surface area (Å²) in [6.45, 7) is 0. The smallest absolute Gasteiger partial charge is 0.0628 e. The van der Waals surface area contributed by atoms with Crippen molar-refractivity contribution in [1.29, 1.82) is 5.39 Å². The lowest BCUT2D eigenvalue weighted by molar-refractivity contribution is 1.33. The molecule has 0 fully saturated rings. The van der Waals surface area contributed by atoms with Crippen molar-refractivity contribution in [3.05, 3.63) is 9.99 Å². The van der Waals surface area contributed by atoms with Crippen LogP contribution in [-0.4, -0.2) is 0 Å². The fourth-order valence-corrected chi connectivity index (χ4v) is 0. The molecule has 0 bridgehead atoms. The Hall–Kier alpha value is -0.980. The number of hydrogen-bond acceptors (Lipinski definition) is 3. The third-order valence-electron chi connectivity index (χ3n) is 0.0365. The van der Waals surface area contributed by atoms with Gasteiger partial charge in [-0.2, -0.15) is 0 Å². The van der Waals surface area contributed by atoms with E-state index in [1.54, 1.807) is 10.4 Å². The fourth-order valence-electron chi connectivity index (χ4n) is 0. The molecule has 0 aliphatic rings. The van der Waals surface area contributed by atoms with Gasteiger partial charge in [0.15, 0.2) is 0 Å². The van der Waals surface area contributed by atoms with Gasteiger partial charge in [-0.05, 0) is 0 Å². The minimum atomic E-state index is 1.67. The second-order valence-electron chi connectivity index (χ2n) is 0.171. The third kappa shape index (κ3) is 1.02. The van der Waals surface area contributed by atoms with Crippen molar-refractivity contribution in [2.24, 2.45) is 5.29 Å². The molecule has 0 aromatic rings. The molecule has 0 rings (SSSR count). The van der Waals surface area contributed by atoms with Gasteiger partial charge in [0.25, 0.3) is 5.39 Å². The van der Waals surface area contributed by atoms with Gasteiger partial charge in [-0.1, -0.05) is 4.91 Å². The molecule has 0 saturated carbocycles. The Morgan fingerprint density at radius 1 is 2.00 bits per heavy atom. The highest BCUT2D eigenvalue weighted by Crippen LogP contribution is 1.52. The lowest BCUT2D eigenvalue weighted by Crippen LogP contribution is -1.13. The van der Waals surface area contributed by atoms with Crippen molar-refractivity contribution in [2.75, 3.05) is 0 Å². The summed E-state index contributed by atoms with van der Waals surface area (Å²) < 4.78 is 0. The highest BCUT2D eigenvalue weighted by Gasteiger charge is 1.67. The summed E-state index contributed by atoms with van der Waals surface area (Å²) >= 11 is 0. The summed E-state index contributed by atoms with van der Waals surface area (Å²) in [6.07, 6.45) is 0. The van der Waals surface area contributed by atoms with Crippen LogP contribution in [-0.2, 0) is 0 Å². The van der Waals surface area contributed by atoms with Crippen molar-refractivity contribution in [2.45, 2.75) is 0 Å². The highest BCUT2D eigenvalue weighted by molar-refractivity contribution is 4.27. The first-order valence-electron chi connectivity index (χ1n) is 0.583. The number of nitrogens with zero attached hydrogens (tertiary/aromatic N) is 3. The van der Waals surface area contributed by atoms with Crippen LogP contribution in [0.5, 0.6) is 0 Å². The maximum absolute atomic E-state index is 8.51. The largest absolute Gasteiger partial charge is 0.422 e. The first kappa shape index (κ1) is 3.02. The van der Waals surface area contributed by atoms with E-state index in [2.05, 4.69) is 0 Å². The van der Waals surface area contributed by atoms with Gasteiger partial charge < -0.3 is 0 Å². The van der Waals surface area contributed by atoms with Crippen molar-refractivity contribution >= 4 is 0 Å². The molecular formula is N3O+. The topological polar surface area (TPSA) is 57.6 Å². The van der Waals surface area contributed by atoms with Crippen molar-refractivity contribution in [1.82, 2.24) is 0 Å². The van der Waals surface area contributed by atoms with Gasteiger partial charge in [-0.15, -0.1) is 0 Å². The van der Waals surface area contributed by atoms with Gasteiger partial charge in [0.1, 0.15) is 0 Å². The molecule has 0 aliphatic heterocycles. The summed E-state index contributed by atoms with van der Waals surface area (Å²) in [5.74, 6) is 0. The molecule has 4 heteroatoms. The molecule has 0 unspecified atom stereocenters. The Bertz CT molecular complexity index is 48.8. The van der Waals surface area contributed by atoms with Gasteiger partial charge in [0.2, 0.25) is 0 Å². The molecule has 0 radical (unpaired) electrons. The van der Waals surface area contributed by atoms with E-state index in [0.29, 0.717) is 0 Å². The van der Waals surface area contributed by atoms with Crippen LogP contribution in [0.15, 0.2) is 5.29 Å². The normalized spacial score (nSPS) is 3.75. The minimum Gasteiger partial charge on any atom is -0.0628 e. The van der Waals surface area contributed by atoms with E-state index in [1.165, 1.54) is 0 Å². The first-order chi connectivity index (χ1) is 1.91. The van der Waals surface area contributed by atoms with E-state index in [1.807, 2.05) is 0 Å². The number of hydrogen-bond donors (Lipinski definition) is 0. The van der Waals surface area contributed by atoms with E-state index < -0.39 is 0 Å². The molecule has 20 valence electrons. The molecule has 0 N–H and O–H groups in total. The Kier molecular flexibility index (Phi) is 1.53. The molecular weight excluding hydrogens is 58.0 g/mol. The highest BCUT2D eigenvalue weighted by atomic mass is 16.3. The maximum atomic E-state index is 8.51. The van der Waals surface area contributed by atoms with Crippen LogP contribution in [0.3, 0.4) is 0 Å². The first-order valence-corrected chi connectivity index (χ1v) is 0.583. The molecule has 4 nitrogen and oxygen atoms in total.